The van der Waals surface area contributed by atoms with Gasteiger partial charge in [0.15, 0.2) is 15.6 Å². The van der Waals surface area contributed by atoms with E-state index in [-0.39, 0.29) is 35.6 Å². The van der Waals surface area contributed by atoms with Gasteiger partial charge in [-0.2, -0.15) is 13.2 Å². The number of rotatable bonds is 8. The average molecular weight is 634 g/mol. The second kappa shape index (κ2) is 11.7. The van der Waals surface area contributed by atoms with Crippen LogP contribution in [0.25, 0.3) is 10.9 Å². The molecule has 3 aromatic rings. The third kappa shape index (κ3) is 7.98. The highest BCUT2D eigenvalue weighted by molar-refractivity contribution is 7.92. The van der Waals surface area contributed by atoms with Crippen LogP contribution in [0, 0.1) is 0 Å². The third-order valence-corrected chi connectivity index (χ3v) is 9.58. The Hall–Kier alpha value is -3.79. The van der Waals surface area contributed by atoms with Gasteiger partial charge in [0, 0.05) is 48.5 Å². The topological polar surface area (TPSA) is 127 Å². The molecule has 1 aliphatic rings. The standard InChI is InChI=1S/C27H29F6N5O4S/c1-25(2)15-38(12-16-6-4-3-5-7-16)18(13-43(25,40)41)11-35-24(39)21-10-20(34)19-8-17(36-14-26(28,29)30)9-22(23(19)37-21)42-27(31,32)33/h3-10,18,36H,11-15H2,1-2H3,(H2,34,37)(H,35,39). The molecule has 0 radical (unpaired) electrons. The molecule has 0 aliphatic carbocycles. The van der Waals surface area contributed by atoms with Gasteiger partial charge in [0.05, 0.1) is 10.5 Å². The van der Waals surface area contributed by atoms with E-state index in [9.17, 15) is 39.6 Å². The fraction of sp³-hybridized carbons (Fsp3) is 0.407. The van der Waals surface area contributed by atoms with E-state index < -0.39 is 62.6 Å². The van der Waals surface area contributed by atoms with Crippen LogP contribution in [0.3, 0.4) is 0 Å². The number of sulfone groups is 1. The minimum absolute atomic E-state index is 0.132. The van der Waals surface area contributed by atoms with Crippen LogP contribution in [-0.2, 0) is 16.4 Å². The van der Waals surface area contributed by atoms with E-state index in [2.05, 4.69) is 15.0 Å². The van der Waals surface area contributed by atoms with Crippen molar-refractivity contribution in [1.82, 2.24) is 15.2 Å². The molecule has 43 heavy (non-hydrogen) atoms. The number of amides is 1. The largest absolute Gasteiger partial charge is 0.573 e. The van der Waals surface area contributed by atoms with Crippen molar-refractivity contribution in [1.29, 1.82) is 0 Å². The predicted octanol–water partition coefficient (Wildman–Crippen LogP) is 4.50. The van der Waals surface area contributed by atoms with Crippen LogP contribution in [-0.4, -0.2) is 72.9 Å². The highest BCUT2D eigenvalue weighted by atomic mass is 32.2. The SMILES string of the molecule is CC1(C)CN(Cc2ccccc2)C(CNC(=O)c2cc(N)c3cc(NCC(F)(F)F)cc(OC(F)(F)F)c3n2)CS1(=O)=O. The summed E-state index contributed by atoms with van der Waals surface area (Å²) in [6, 6.07) is 11.5. The van der Waals surface area contributed by atoms with Gasteiger partial charge in [-0.3, -0.25) is 9.69 Å². The highest BCUT2D eigenvalue weighted by Crippen LogP contribution is 2.36. The number of carbonyl (C=O) groups is 1. The first-order valence-electron chi connectivity index (χ1n) is 12.9. The molecule has 0 spiro atoms. The Morgan fingerprint density at radius 2 is 1.79 bits per heavy atom. The molecule has 1 saturated heterocycles. The highest BCUT2D eigenvalue weighted by Gasteiger charge is 2.44. The summed E-state index contributed by atoms with van der Waals surface area (Å²) in [5.41, 5.74) is 5.41. The number of alkyl halides is 6. The molecule has 0 bridgehead atoms. The lowest BCUT2D eigenvalue weighted by atomic mass is 10.1. The van der Waals surface area contributed by atoms with Crippen LogP contribution >= 0.6 is 0 Å². The number of benzene rings is 2. The summed E-state index contributed by atoms with van der Waals surface area (Å²) in [5, 5.41) is 4.38. The normalized spacial score (nSPS) is 18.7. The van der Waals surface area contributed by atoms with Crippen LogP contribution < -0.4 is 21.1 Å². The Labute approximate surface area is 243 Å². The zero-order valence-electron chi connectivity index (χ0n) is 23.0. The molecule has 9 nitrogen and oxygen atoms in total. The van der Waals surface area contributed by atoms with Crippen LogP contribution in [0.4, 0.5) is 37.7 Å². The first kappa shape index (κ1) is 32.1. The van der Waals surface area contributed by atoms with Gasteiger partial charge in [-0.25, -0.2) is 13.4 Å². The van der Waals surface area contributed by atoms with Gasteiger partial charge in [-0.05, 0) is 31.5 Å². The van der Waals surface area contributed by atoms with E-state index in [1.54, 1.807) is 13.8 Å². The van der Waals surface area contributed by atoms with Crippen molar-refractivity contribution in [3.8, 4) is 5.75 Å². The molecule has 1 amide bonds. The number of pyridine rings is 1. The van der Waals surface area contributed by atoms with E-state index in [0.717, 1.165) is 17.7 Å². The number of aromatic nitrogens is 1. The Kier molecular flexibility index (Phi) is 8.75. The number of nitrogens with zero attached hydrogens (tertiary/aromatic N) is 2. The quantitative estimate of drug-likeness (QED) is 0.310. The summed E-state index contributed by atoms with van der Waals surface area (Å²) in [5.74, 6) is -2.07. The van der Waals surface area contributed by atoms with E-state index in [4.69, 9.17) is 5.73 Å². The second-order valence-electron chi connectivity index (χ2n) is 10.8. The number of nitrogens with one attached hydrogen (secondary N) is 2. The molecule has 4 N–H and O–H groups in total. The molecule has 2 aromatic carbocycles. The predicted molar refractivity (Wildman–Crippen MR) is 148 cm³/mol. The Bertz CT molecular complexity index is 1600. The number of hydrogen-bond donors (Lipinski definition) is 3. The molecular weight excluding hydrogens is 604 g/mol. The minimum atomic E-state index is -5.23. The molecule has 2 heterocycles. The Balaban J connectivity index is 1.61. The monoisotopic (exact) mass is 633 g/mol. The maximum atomic E-state index is 13.2. The summed E-state index contributed by atoms with van der Waals surface area (Å²) in [4.78, 5) is 19.0. The summed E-state index contributed by atoms with van der Waals surface area (Å²) in [6.45, 7) is 2.18. The van der Waals surface area contributed by atoms with Crippen LogP contribution in [0.1, 0.15) is 29.9 Å². The Morgan fingerprint density at radius 1 is 1.12 bits per heavy atom. The lowest BCUT2D eigenvalue weighted by Crippen LogP contribution is -2.60. The molecule has 1 unspecified atom stereocenters. The molecular formula is C27H29F6N5O4S. The van der Waals surface area contributed by atoms with Gasteiger partial charge in [0.2, 0.25) is 0 Å². The number of hydrogen-bond acceptors (Lipinski definition) is 8. The first-order chi connectivity index (χ1) is 19.8. The van der Waals surface area contributed by atoms with Gasteiger partial charge < -0.3 is 21.1 Å². The van der Waals surface area contributed by atoms with Crippen LogP contribution in [0.5, 0.6) is 5.75 Å². The summed E-state index contributed by atoms with van der Waals surface area (Å²) < 4.78 is 106. The maximum absolute atomic E-state index is 13.2. The van der Waals surface area contributed by atoms with Gasteiger partial charge in [0.25, 0.3) is 5.91 Å². The molecule has 1 atom stereocenters. The molecule has 4 rings (SSSR count). The molecule has 1 fully saturated rings. The molecule has 1 aromatic heterocycles. The summed E-state index contributed by atoms with van der Waals surface area (Å²) in [7, 11) is -3.55. The van der Waals surface area contributed by atoms with Crippen molar-refractivity contribution in [2.24, 2.45) is 0 Å². The number of nitrogens with two attached hydrogens (primary N) is 1. The first-order valence-corrected chi connectivity index (χ1v) is 14.6. The second-order valence-corrected chi connectivity index (χ2v) is 13.4. The molecule has 16 heteroatoms. The zero-order chi connectivity index (χ0) is 31.8. The van der Waals surface area contributed by atoms with Gasteiger partial charge >= 0.3 is 12.5 Å². The van der Waals surface area contributed by atoms with Crippen molar-refractivity contribution < 1.29 is 44.3 Å². The van der Waals surface area contributed by atoms with Crippen molar-refractivity contribution >= 4 is 38.0 Å². The van der Waals surface area contributed by atoms with Crippen molar-refractivity contribution in [3.05, 3.63) is 59.8 Å². The van der Waals surface area contributed by atoms with Gasteiger partial charge in [-0.15, -0.1) is 13.2 Å². The molecule has 1 aliphatic heterocycles. The molecule has 234 valence electrons. The van der Waals surface area contributed by atoms with Gasteiger partial charge in [0.1, 0.15) is 17.8 Å². The minimum Gasteiger partial charge on any atom is -0.403 e. The van der Waals surface area contributed by atoms with Gasteiger partial charge in [-0.1, -0.05) is 30.3 Å². The van der Waals surface area contributed by atoms with E-state index in [1.807, 2.05) is 40.5 Å². The number of fused-ring (bicyclic) bond motifs is 1. The van der Waals surface area contributed by atoms with Crippen molar-refractivity contribution in [2.75, 3.05) is 36.4 Å². The number of carbonyl (C=O) groups excluding carboxylic acids is 1. The van der Waals surface area contributed by atoms with Crippen molar-refractivity contribution in [3.63, 3.8) is 0 Å². The lowest BCUT2D eigenvalue weighted by molar-refractivity contribution is -0.274. The van der Waals surface area contributed by atoms with Crippen LogP contribution in [0.15, 0.2) is 48.5 Å². The fourth-order valence-electron chi connectivity index (χ4n) is 4.74. The third-order valence-electron chi connectivity index (χ3n) is 6.94. The number of anilines is 2. The Morgan fingerprint density at radius 3 is 2.42 bits per heavy atom. The number of halogens is 6. The van der Waals surface area contributed by atoms with E-state index >= 15 is 0 Å². The smallest absolute Gasteiger partial charge is 0.403 e. The summed E-state index contributed by atoms with van der Waals surface area (Å²) >= 11 is 0. The fourth-order valence-corrected chi connectivity index (χ4v) is 6.39. The number of nitrogen functional groups attached to an aromatic ring is 1. The lowest BCUT2D eigenvalue weighted by Gasteiger charge is -2.43. The van der Waals surface area contributed by atoms with E-state index in [0.29, 0.717) is 12.6 Å². The van der Waals surface area contributed by atoms with Crippen molar-refractivity contribution in [2.45, 2.75) is 43.7 Å². The molecule has 0 saturated carbocycles. The van der Waals surface area contributed by atoms with E-state index in [1.165, 1.54) is 0 Å². The van der Waals surface area contributed by atoms with Crippen LogP contribution in [0.2, 0.25) is 0 Å². The maximum Gasteiger partial charge on any atom is 0.573 e. The summed E-state index contributed by atoms with van der Waals surface area (Å²) in [6.07, 6.45) is -9.89. The number of ether oxygens (including phenoxy) is 1. The zero-order valence-corrected chi connectivity index (χ0v) is 23.8. The average Bonchev–Trinajstić information content (AvgIpc) is 2.88.